The highest BCUT2D eigenvalue weighted by atomic mass is 35.5. The Balaban J connectivity index is 1.59. The molecule has 1 N–H and O–H groups in total. The van der Waals surface area contributed by atoms with Crippen LogP contribution in [0.3, 0.4) is 0 Å². The summed E-state index contributed by atoms with van der Waals surface area (Å²) in [6.45, 7) is 2.65. The van der Waals surface area contributed by atoms with E-state index in [0.717, 1.165) is 11.3 Å². The molecule has 0 spiro atoms. The number of amides is 4. The number of benzene rings is 3. The van der Waals surface area contributed by atoms with E-state index in [1.807, 2.05) is 6.92 Å². The van der Waals surface area contributed by atoms with Gasteiger partial charge in [0.1, 0.15) is 11.8 Å². The van der Waals surface area contributed by atoms with Gasteiger partial charge < -0.3 is 24.4 Å². The third kappa shape index (κ3) is 6.43. The molecule has 1 saturated heterocycles. The molecule has 3 aromatic carbocycles. The van der Waals surface area contributed by atoms with E-state index in [9.17, 15) is 14.4 Å². The second kappa shape index (κ2) is 12.9. The van der Waals surface area contributed by atoms with Crippen LogP contribution in [-0.2, 0) is 16.1 Å². The molecule has 1 aliphatic heterocycles. The summed E-state index contributed by atoms with van der Waals surface area (Å²) < 4.78 is 16.3. The van der Waals surface area contributed by atoms with Crippen molar-refractivity contribution in [3.63, 3.8) is 0 Å². The van der Waals surface area contributed by atoms with Gasteiger partial charge in [-0.15, -0.1) is 0 Å². The Hall–Kier alpha value is -3.95. The summed E-state index contributed by atoms with van der Waals surface area (Å²) in [5.41, 5.74) is 1.48. The molecule has 1 atom stereocenters. The van der Waals surface area contributed by atoms with Crippen molar-refractivity contribution >= 4 is 52.4 Å². The average molecular weight is 586 g/mol. The van der Waals surface area contributed by atoms with Crippen molar-refractivity contribution in [1.29, 1.82) is 0 Å². The molecule has 1 heterocycles. The number of anilines is 2. The summed E-state index contributed by atoms with van der Waals surface area (Å²) in [6, 6.07) is 15.0. The third-order valence-electron chi connectivity index (χ3n) is 6.27. The first kappa shape index (κ1) is 29.0. The quantitative estimate of drug-likeness (QED) is 0.270. The second-order valence-corrected chi connectivity index (χ2v) is 9.83. The van der Waals surface area contributed by atoms with Gasteiger partial charge in [-0.2, -0.15) is 0 Å². The maximum atomic E-state index is 13.6. The SMILES string of the molecule is CCCOc1ccc(NC(=O)C[C@H]2C(=O)N(c3ccc(Cl)c(Cl)c3)C(=O)N2Cc2ccc(OC)c(OC)c2)cc1. The topological polar surface area (TPSA) is 97.4 Å². The summed E-state index contributed by atoms with van der Waals surface area (Å²) in [5.74, 6) is 0.702. The Morgan fingerprint density at radius 2 is 1.65 bits per heavy atom. The molecule has 0 bridgehead atoms. The predicted molar refractivity (Wildman–Crippen MR) is 154 cm³/mol. The van der Waals surface area contributed by atoms with Crippen LogP contribution in [0.25, 0.3) is 0 Å². The molecule has 0 saturated carbocycles. The zero-order valence-corrected chi connectivity index (χ0v) is 23.8. The number of methoxy groups -OCH3 is 2. The van der Waals surface area contributed by atoms with Crippen LogP contribution in [0.2, 0.25) is 10.0 Å². The lowest BCUT2D eigenvalue weighted by molar-refractivity contribution is -0.124. The van der Waals surface area contributed by atoms with E-state index in [2.05, 4.69) is 5.32 Å². The molecule has 0 aromatic heterocycles. The Kier molecular flexibility index (Phi) is 9.39. The largest absolute Gasteiger partial charge is 0.494 e. The van der Waals surface area contributed by atoms with Gasteiger partial charge in [0, 0.05) is 12.2 Å². The number of hydrogen-bond acceptors (Lipinski definition) is 6. The molecule has 4 rings (SSSR count). The maximum Gasteiger partial charge on any atom is 0.332 e. The third-order valence-corrected chi connectivity index (χ3v) is 7.01. The molecule has 11 heteroatoms. The van der Waals surface area contributed by atoms with Crippen LogP contribution in [-0.4, -0.2) is 49.6 Å². The van der Waals surface area contributed by atoms with Crippen LogP contribution in [0.5, 0.6) is 17.2 Å². The highest BCUT2D eigenvalue weighted by Crippen LogP contribution is 2.34. The maximum absolute atomic E-state index is 13.6. The van der Waals surface area contributed by atoms with E-state index >= 15 is 0 Å². The van der Waals surface area contributed by atoms with Gasteiger partial charge in [0.25, 0.3) is 5.91 Å². The molecule has 1 fully saturated rings. The number of rotatable bonds is 11. The second-order valence-electron chi connectivity index (χ2n) is 9.01. The monoisotopic (exact) mass is 585 g/mol. The molecule has 1 aliphatic rings. The zero-order valence-electron chi connectivity index (χ0n) is 22.3. The first-order chi connectivity index (χ1) is 19.2. The van der Waals surface area contributed by atoms with Crippen molar-refractivity contribution in [2.75, 3.05) is 31.0 Å². The van der Waals surface area contributed by atoms with Crippen molar-refractivity contribution in [2.45, 2.75) is 32.4 Å². The fraction of sp³-hybridized carbons (Fsp3) is 0.276. The Morgan fingerprint density at radius 1 is 0.925 bits per heavy atom. The number of hydrogen-bond donors (Lipinski definition) is 1. The normalized spacial score (nSPS) is 14.9. The first-order valence-corrected chi connectivity index (χ1v) is 13.3. The summed E-state index contributed by atoms with van der Waals surface area (Å²) in [6.07, 6.45) is 0.620. The standard InChI is InChI=1S/C29H29Cl2N3O6/c1-4-13-40-21-9-6-19(7-10-21)32-27(35)16-24-28(36)34(20-8-11-22(30)23(31)15-20)29(37)33(24)17-18-5-12-25(38-2)26(14-18)39-3/h5-12,14-15,24H,4,13,16-17H2,1-3H3,(H,32,35)/t24-/m0/s1. The van der Waals surface area contributed by atoms with Crippen LogP contribution in [0.4, 0.5) is 16.2 Å². The molecule has 210 valence electrons. The lowest BCUT2D eigenvalue weighted by atomic mass is 10.1. The van der Waals surface area contributed by atoms with Crippen LogP contribution >= 0.6 is 23.2 Å². The minimum atomic E-state index is -1.07. The van der Waals surface area contributed by atoms with E-state index in [0.29, 0.717) is 35.1 Å². The Labute approximate surface area is 242 Å². The summed E-state index contributed by atoms with van der Waals surface area (Å²) in [5, 5.41) is 3.28. The van der Waals surface area contributed by atoms with E-state index in [1.165, 1.54) is 37.3 Å². The Morgan fingerprint density at radius 3 is 2.30 bits per heavy atom. The molecule has 4 amide bonds. The predicted octanol–water partition coefficient (Wildman–Crippen LogP) is 6.17. The van der Waals surface area contributed by atoms with Crippen LogP contribution in [0.15, 0.2) is 60.7 Å². The van der Waals surface area contributed by atoms with Crippen LogP contribution in [0, 0.1) is 0 Å². The van der Waals surface area contributed by atoms with Crippen LogP contribution in [0.1, 0.15) is 25.3 Å². The number of imide groups is 1. The van der Waals surface area contributed by atoms with Gasteiger partial charge in [-0.1, -0.05) is 36.2 Å². The molecule has 0 unspecified atom stereocenters. The molecule has 0 aliphatic carbocycles. The smallest absolute Gasteiger partial charge is 0.332 e. The van der Waals surface area contributed by atoms with Gasteiger partial charge in [0.2, 0.25) is 5.91 Å². The van der Waals surface area contributed by atoms with Crippen molar-refractivity contribution < 1.29 is 28.6 Å². The van der Waals surface area contributed by atoms with Crippen molar-refractivity contribution in [3.8, 4) is 17.2 Å². The summed E-state index contributed by atoms with van der Waals surface area (Å²) >= 11 is 12.2. The average Bonchev–Trinajstić information content (AvgIpc) is 3.17. The van der Waals surface area contributed by atoms with E-state index < -0.39 is 23.9 Å². The number of nitrogens with one attached hydrogen (secondary N) is 1. The first-order valence-electron chi connectivity index (χ1n) is 12.6. The lowest BCUT2D eigenvalue weighted by Gasteiger charge is -2.22. The zero-order chi connectivity index (χ0) is 28.8. The van der Waals surface area contributed by atoms with E-state index in [-0.39, 0.29) is 28.7 Å². The minimum Gasteiger partial charge on any atom is -0.494 e. The molecular weight excluding hydrogens is 557 g/mol. The van der Waals surface area contributed by atoms with Crippen molar-refractivity contribution in [3.05, 3.63) is 76.3 Å². The number of nitrogens with zero attached hydrogens (tertiary/aromatic N) is 2. The Bertz CT molecular complexity index is 1400. The van der Waals surface area contributed by atoms with Crippen LogP contribution < -0.4 is 24.4 Å². The highest BCUT2D eigenvalue weighted by molar-refractivity contribution is 6.42. The summed E-state index contributed by atoms with van der Waals surface area (Å²) in [7, 11) is 3.03. The van der Waals surface area contributed by atoms with Crippen molar-refractivity contribution in [2.24, 2.45) is 0 Å². The molecule has 0 radical (unpaired) electrons. The minimum absolute atomic E-state index is 0.0458. The molecule has 40 heavy (non-hydrogen) atoms. The fourth-order valence-electron chi connectivity index (χ4n) is 4.29. The molecule has 3 aromatic rings. The van der Waals surface area contributed by atoms with Gasteiger partial charge in [-0.25, -0.2) is 9.69 Å². The summed E-state index contributed by atoms with van der Waals surface area (Å²) in [4.78, 5) is 42.7. The van der Waals surface area contributed by atoms with E-state index in [4.69, 9.17) is 37.4 Å². The van der Waals surface area contributed by atoms with Gasteiger partial charge in [-0.3, -0.25) is 9.59 Å². The fourth-order valence-corrected chi connectivity index (χ4v) is 4.59. The molecular formula is C29H29Cl2N3O6. The number of ether oxygens (including phenoxy) is 3. The van der Waals surface area contributed by atoms with E-state index in [1.54, 1.807) is 42.5 Å². The number of carbonyl (C=O) groups excluding carboxylic acids is 3. The van der Waals surface area contributed by atoms with Gasteiger partial charge in [0.05, 0.1) is 43.0 Å². The van der Waals surface area contributed by atoms with Crippen molar-refractivity contribution in [1.82, 2.24) is 4.90 Å². The van der Waals surface area contributed by atoms with Gasteiger partial charge in [0.15, 0.2) is 11.5 Å². The number of carbonyl (C=O) groups is 3. The highest BCUT2D eigenvalue weighted by Gasteiger charge is 2.46. The molecule has 9 nitrogen and oxygen atoms in total. The number of urea groups is 1. The van der Waals surface area contributed by atoms with Gasteiger partial charge in [-0.05, 0) is 66.6 Å². The number of halogens is 2. The van der Waals surface area contributed by atoms with Gasteiger partial charge >= 0.3 is 6.03 Å². The lowest BCUT2D eigenvalue weighted by Crippen LogP contribution is -2.37.